The summed E-state index contributed by atoms with van der Waals surface area (Å²) in [5.41, 5.74) is -1.33. The fraction of sp³-hybridized carbons (Fsp3) is 0.667. The number of alkyl halides is 3. The van der Waals surface area contributed by atoms with Gasteiger partial charge in [-0.05, 0) is 12.8 Å². The topological polar surface area (TPSA) is 52.3 Å². The molecule has 0 fully saturated rings. The van der Waals surface area contributed by atoms with Gasteiger partial charge in [-0.2, -0.15) is 13.2 Å². The van der Waals surface area contributed by atoms with E-state index in [1.54, 1.807) is 6.92 Å². The van der Waals surface area contributed by atoms with Crippen LogP contribution in [0.5, 0.6) is 0 Å². The first kappa shape index (κ1) is 15.5. The van der Waals surface area contributed by atoms with Crippen molar-refractivity contribution >= 4 is 5.97 Å². The average Bonchev–Trinajstić information content (AvgIpc) is 2.72. The molecule has 7 heteroatoms. The third kappa shape index (κ3) is 3.48. The highest BCUT2D eigenvalue weighted by molar-refractivity contribution is 5.87. The Bertz CT molecular complexity index is 452. The summed E-state index contributed by atoms with van der Waals surface area (Å²) in [6, 6.07) is 0. The van der Waals surface area contributed by atoms with Crippen molar-refractivity contribution in [3.63, 3.8) is 0 Å². The van der Waals surface area contributed by atoms with Crippen molar-refractivity contribution in [2.75, 3.05) is 6.61 Å². The lowest BCUT2D eigenvalue weighted by Crippen LogP contribution is -2.14. The van der Waals surface area contributed by atoms with Gasteiger partial charge in [-0.3, -0.25) is 0 Å². The van der Waals surface area contributed by atoms with E-state index in [9.17, 15) is 18.0 Å². The molecule has 0 spiro atoms. The lowest BCUT2D eigenvalue weighted by Gasteiger charge is -2.10. The summed E-state index contributed by atoms with van der Waals surface area (Å²) >= 11 is 0. The third-order valence-electron chi connectivity index (χ3n) is 2.76. The summed E-state index contributed by atoms with van der Waals surface area (Å²) in [7, 11) is 0. The largest absolute Gasteiger partial charge is 0.460 e. The molecule has 108 valence electrons. The van der Waals surface area contributed by atoms with E-state index in [2.05, 4.69) is 9.72 Å². The number of aromatic nitrogens is 1. The molecule has 0 N–H and O–H groups in total. The Labute approximate surface area is 109 Å². The molecule has 0 aliphatic heterocycles. The van der Waals surface area contributed by atoms with E-state index in [4.69, 9.17) is 4.42 Å². The summed E-state index contributed by atoms with van der Waals surface area (Å²) < 4.78 is 47.9. The summed E-state index contributed by atoms with van der Waals surface area (Å²) in [5, 5.41) is 0. The summed E-state index contributed by atoms with van der Waals surface area (Å²) in [5.74, 6) is -2.43. The number of carbonyl (C=O) groups excluding carboxylic acids is 1. The number of carbonyl (C=O) groups is 1. The van der Waals surface area contributed by atoms with Crippen molar-refractivity contribution in [2.24, 2.45) is 5.92 Å². The van der Waals surface area contributed by atoms with Crippen LogP contribution < -0.4 is 0 Å². The summed E-state index contributed by atoms with van der Waals surface area (Å²) in [4.78, 5) is 14.9. The SMILES string of the molecule is CCOC(=O)c1oc(C(C)C(C)C)nc1C(F)(F)F. The van der Waals surface area contributed by atoms with Gasteiger partial charge in [-0.15, -0.1) is 0 Å². The fourth-order valence-electron chi connectivity index (χ4n) is 1.34. The van der Waals surface area contributed by atoms with Crippen molar-refractivity contribution in [3.05, 3.63) is 17.3 Å². The number of hydrogen-bond donors (Lipinski definition) is 0. The second-order valence-electron chi connectivity index (χ2n) is 4.48. The molecule has 0 aromatic carbocycles. The number of rotatable bonds is 4. The molecule has 1 atom stereocenters. The average molecular weight is 279 g/mol. The Kier molecular flexibility index (Phi) is 4.60. The van der Waals surface area contributed by atoms with Gasteiger partial charge >= 0.3 is 12.1 Å². The monoisotopic (exact) mass is 279 g/mol. The molecule has 1 heterocycles. The molecule has 0 amide bonds. The van der Waals surface area contributed by atoms with Crippen LogP contribution in [0.2, 0.25) is 0 Å². The number of hydrogen-bond acceptors (Lipinski definition) is 4. The lowest BCUT2D eigenvalue weighted by molar-refractivity contribution is -0.141. The van der Waals surface area contributed by atoms with Gasteiger partial charge in [0.2, 0.25) is 5.76 Å². The maximum Gasteiger partial charge on any atom is 0.437 e. The minimum absolute atomic E-state index is 0.0358. The highest BCUT2D eigenvalue weighted by Crippen LogP contribution is 2.35. The van der Waals surface area contributed by atoms with E-state index in [-0.39, 0.29) is 24.3 Å². The Hall–Kier alpha value is -1.53. The third-order valence-corrected chi connectivity index (χ3v) is 2.76. The normalized spacial score (nSPS) is 13.7. The Morgan fingerprint density at radius 1 is 1.37 bits per heavy atom. The van der Waals surface area contributed by atoms with Crippen LogP contribution in [0.15, 0.2) is 4.42 Å². The van der Waals surface area contributed by atoms with Gasteiger partial charge in [0.25, 0.3) is 0 Å². The minimum Gasteiger partial charge on any atom is -0.460 e. The highest BCUT2D eigenvalue weighted by Gasteiger charge is 2.42. The molecule has 0 saturated carbocycles. The van der Waals surface area contributed by atoms with Crippen molar-refractivity contribution < 1.29 is 27.1 Å². The predicted molar refractivity (Wildman–Crippen MR) is 60.7 cm³/mol. The maximum absolute atomic E-state index is 12.8. The number of halogens is 3. The quantitative estimate of drug-likeness (QED) is 0.790. The van der Waals surface area contributed by atoms with Gasteiger partial charge in [-0.1, -0.05) is 20.8 Å². The smallest absolute Gasteiger partial charge is 0.437 e. The molecule has 1 unspecified atom stereocenters. The first-order valence-electron chi connectivity index (χ1n) is 5.93. The van der Waals surface area contributed by atoms with E-state index >= 15 is 0 Å². The standard InChI is InChI=1S/C12H16F3NO3/c1-5-18-11(17)8-9(12(13,14)15)16-10(19-8)7(4)6(2)3/h6-7H,5H2,1-4H3. The van der Waals surface area contributed by atoms with Gasteiger partial charge in [0.1, 0.15) is 0 Å². The van der Waals surface area contributed by atoms with E-state index in [0.29, 0.717) is 0 Å². The van der Waals surface area contributed by atoms with Gasteiger partial charge in [-0.25, -0.2) is 9.78 Å². The first-order valence-corrected chi connectivity index (χ1v) is 5.93. The van der Waals surface area contributed by atoms with Crippen LogP contribution in [0.3, 0.4) is 0 Å². The molecule has 1 aromatic rings. The molecular formula is C12H16F3NO3. The number of esters is 1. The Morgan fingerprint density at radius 2 is 1.95 bits per heavy atom. The summed E-state index contributed by atoms with van der Waals surface area (Å²) in [6.07, 6.45) is -4.75. The number of oxazole rings is 1. The van der Waals surface area contributed by atoms with Crippen LogP contribution in [0, 0.1) is 5.92 Å². The molecule has 4 nitrogen and oxygen atoms in total. The lowest BCUT2D eigenvalue weighted by atomic mass is 9.98. The van der Waals surface area contributed by atoms with Gasteiger partial charge in [0.05, 0.1) is 6.61 Å². The molecule has 0 aliphatic rings. The minimum atomic E-state index is -4.75. The number of nitrogens with zero attached hydrogens (tertiary/aromatic N) is 1. The van der Waals surface area contributed by atoms with Crippen molar-refractivity contribution in [1.29, 1.82) is 0 Å². The maximum atomic E-state index is 12.8. The molecule has 1 rings (SSSR count). The second kappa shape index (κ2) is 5.63. The van der Waals surface area contributed by atoms with Gasteiger partial charge in [0.15, 0.2) is 11.6 Å². The first-order chi connectivity index (χ1) is 8.68. The molecule has 1 aromatic heterocycles. The molecule has 0 bridgehead atoms. The summed E-state index contributed by atoms with van der Waals surface area (Å²) in [6.45, 7) is 6.80. The van der Waals surface area contributed by atoms with Crippen LogP contribution in [0.25, 0.3) is 0 Å². The second-order valence-corrected chi connectivity index (χ2v) is 4.48. The molecule has 0 radical (unpaired) electrons. The van der Waals surface area contributed by atoms with Gasteiger partial charge in [0, 0.05) is 5.92 Å². The number of ether oxygens (including phenoxy) is 1. The fourth-order valence-corrected chi connectivity index (χ4v) is 1.34. The zero-order valence-corrected chi connectivity index (χ0v) is 11.2. The van der Waals surface area contributed by atoms with Crippen LogP contribution in [-0.2, 0) is 10.9 Å². The highest BCUT2D eigenvalue weighted by atomic mass is 19.4. The Balaban J connectivity index is 3.24. The van der Waals surface area contributed by atoms with Crippen molar-refractivity contribution in [3.8, 4) is 0 Å². The van der Waals surface area contributed by atoms with Gasteiger partial charge < -0.3 is 9.15 Å². The van der Waals surface area contributed by atoms with Crippen LogP contribution in [0.1, 0.15) is 55.8 Å². The zero-order chi connectivity index (χ0) is 14.8. The van der Waals surface area contributed by atoms with E-state index in [0.717, 1.165) is 0 Å². The van der Waals surface area contributed by atoms with Crippen LogP contribution in [-0.4, -0.2) is 17.6 Å². The molecule has 19 heavy (non-hydrogen) atoms. The van der Waals surface area contributed by atoms with Crippen molar-refractivity contribution in [1.82, 2.24) is 4.98 Å². The van der Waals surface area contributed by atoms with Crippen LogP contribution in [0.4, 0.5) is 13.2 Å². The predicted octanol–water partition coefficient (Wildman–Crippen LogP) is 3.63. The van der Waals surface area contributed by atoms with E-state index in [1.165, 1.54) is 6.92 Å². The Morgan fingerprint density at radius 3 is 2.37 bits per heavy atom. The molecule has 0 saturated heterocycles. The van der Waals surface area contributed by atoms with E-state index < -0.39 is 23.6 Å². The molecular weight excluding hydrogens is 263 g/mol. The molecule has 0 aliphatic carbocycles. The van der Waals surface area contributed by atoms with Crippen LogP contribution >= 0.6 is 0 Å². The zero-order valence-electron chi connectivity index (χ0n) is 11.2. The van der Waals surface area contributed by atoms with E-state index in [1.807, 2.05) is 13.8 Å². The van der Waals surface area contributed by atoms with Crippen molar-refractivity contribution in [2.45, 2.75) is 39.8 Å².